The van der Waals surface area contributed by atoms with Crippen LogP contribution in [0.1, 0.15) is 11.3 Å². The molecule has 0 aliphatic carbocycles. The molecule has 1 aromatic carbocycles. The summed E-state index contributed by atoms with van der Waals surface area (Å²) in [6.45, 7) is 0. The van der Waals surface area contributed by atoms with Crippen LogP contribution in [0.25, 0.3) is 0 Å². The van der Waals surface area contributed by atoms with Crippen molar-refractivity contribution in [3.63, 3.8) is 0 Å². The fraction of sp³-hybridized carbons (Fsp3) is 0.143. The molecule has 0 radical (unpaired) electrons. The number of hydrogen-bond acceptors (Lipinski definition) is 2. The maximum atomic E-state index is 12.0. The molecular weight excluding hydrogens is 349 g/mol. The summed E-state index contributed by atoms with van der Waals surface area (Å²) in [7, 11) is 0. The summed E-state index contributed by atoms with van der Waals surface area (Å²) in [5, 5.41) is 1.08. The number of carbonyl (C=O) groups is 1. The molecule has 19 heavy (non-hydrogen) atoms. The quantitative estimate of drug-likeness (QED) is 0.805. The van der Waals surface area contributed by atoms with Gasteiger partial charge in [0.1, 0.15) is 5.78 Å². The van der Waals surface area contributed by atoms with Crippen LogP contribution in [0.5, 0.6) is 0 Å². The summed E-state index contributed by atoms with van der Waals surface area (Å²) in [5.41, 5.74) is 1.53. The number of halogens is 3. The third kappa shape index (κ3) is 4.30. The van der Waals surface area contributed by atoms with E-state index >= 15 is 0 Å². The summed E-state index contributed by atoms with van der Waals surface area (Å²) in [6.07, 6.45) is 2.26. The Labute approximate surface area is 129 Å². The molecule has 0 saturated carbocycles. The van der Waals surface area contributed by atoms with Gasteiger partial charge in [-0.1, -0.05) is 29.3 Å². The number of aromatic nitrogens is 1. The van der Waals surface area contributed by atoms with Crippen molar-refractivity contribution < 1.29 is 4.79 Å². The molecule has 1 heterocycles. The van der Waals surface area contributed by atoms with Gasteiger partial charge in [0, 0.05) is 39.3 Å². The molecule has 5 heteroatoms. The molecule has 0 spiro atoms. The Kier molecular flexibility index (Phi) is 4.97. The van der Waals surface area contributed by atoms with E-state index in [4.69, 9.17) is 23.2 Å². The average molecular weight is 359 g/mol. The molecule has 2 aromatic rings. The lowest BCUT2D eigenvalue weighted by Crippen LogP contribution is -2.08. The minimum atomic E-state index is 0.0686. The first kappa shape index (κ1) is 14.5. The molecule has 0 saturated heterocycles. The predicted octanol–water partition coefficient (Wildman–Crippen LogP) is 4.51. The second-order valence-corrected chi connectivity index (χ2v) is 5.86. The predicted molar refractivity (Wildman–Crippen MR) is 80.8 cm³/mol. The smallest absolute Gasteiger partial charge is 0.143 e. The van der Waals surface area contributed by atoms with Crippen LogP contribution in [0.3, 0.4) is 0 Å². The van der Waals surface area contributed by atoms with E-state index in [1.807, 2.05) is 12.1 Å². The number of hydrogen-bond donors (Lipinski definition) is 0. The van der Waals surface area contributed by atoms with E-state index in [0.717, 1.165) is 15.7 Å². The van der Waals surface area contributed by atoms with Gasteiger partial charge in [0.05, 0.1) is 0 Å². The van der Waals surface area contributed by atoms with Crippen LogP contribution in [0, 0.1) is 0 Å². The van der Waals surface area contributed by atoms with Crippen LogP contribution in [-0.4, -0.2) is 10.8 Å². The largest absolute Gasteiger partial charge is 0.299 e. The first-order valence-corrected chi connectivity index (χ1v) is 7.15. The van der Waals surface area contributed by atoms with Crippen LogP contribution in [0.2, 0.25) is 10.0 Å². The normalized spacial score (nSPS) is 10.5. The molecule has 1 aromatic heterocycles. The van der Waals surface area contributed by atoms with E-state index in [-0.39, 0.29) is 12.2 Å². The molecule has 0 atom stereocenters. The van der Waals surface area contributed by atoms with Gasteiger partial charge in [-0.3, -0.25) is 9.78 Å². The third-order valence-corrected chi connectivity index (χ3v) is 3.63. The lowest BCUT2D eigenvalue weighted by molar-refractivity contribution is -0.117. The molecular formula is C14H10BrCl2NO. The van der Waals surface area contributed by atoms with E-state index in [2.05, 4.69) is 20.9 Å². The molecule has 2 rings (SSSR count). The second-order valence-electron chi connectivity index (χ2n) is 4.10. The van der Waals surface area contributed by atoms with Crippen LogP contribution < -0.4 is 0 Å². The van der Waals surface area contributed by atoms with Gasteiger partial charge in [-0.05, 0) is 45.8 Å². The highest BCUT2D eigenvalue weighted by Gasteiger charge is 2.09. The fourth-order valence-electron chi connectivity index (χ4n) is 1.65. The van der Waals surface area contributed by atoms with Gasteiger partial charge < -0.3 is 0 Å². The van der Waals surface area contributed by atoms with E-state index < -0.39 is 0 Å². The van der Waals surface area contributed by atoms with Gasteiger partial charge >= 0.3 is 0 Å². The maximum Gasteiger partial charge on any atom is 0.143 e. The van der Waals surface area contributed by atoms with Gasteiger partial charge in [0.15, 0.2) is 0 Å². The molecule has 0 N–H and O–H groups in total. The van der Waals surface area contributed by atoms with Crippen LogP contribution in [0.15, 0.2) is 41.0 Å². The molecule has 0 aliphatic rings. The summed E-state index contributed by atoms with van der Waals surface area (Å²) in [5.74, 6) is 0.0686. The third-order valence-electron chi connectivity index (χ3n) is 2.57. The summed E-state index contributed by atoms with van der Waals surface area (Å²) < 4.78 is 0.893. The standard InChI is InChI=1S/C14H10BrCl2NO/c15-10-2-4-12(18-8-10)7-13(19)5-9-1-3-11(16)6-14(9)17/h1-4,6,8H,5,7H2. The van der Waals surface area contributed by atoms with Crippen molar-refractivity contribution in [1.29, 1.82) is 0 Å². The topological polar surface area (TPSA) is 30.0 Å². The van der Waals surface area contributed by atoms with E-state index in [9.17, 15) is 4.79 Å². The zero-order chi connectivity index (χ0) is 13.8. The molecule has 98 valence electrons. The van der Waals surface area contributed by atoms with E-state index in [1.54, 1.807) is 24.4 Å². The zero-order valence-electron chi connectivity index (χ0n) is 9.87. The molecule has 2 nitrogen and oxygen atoms in total. The lowest BCUT2D eigenvalue weighted by Gasteiger charge is -2.04. The van der Waals surface area contributed by atoms with E-state index in [1.165, 1.54) is 0 Å². The first-order chi connectivity index (χ1) is 9.04. The molecule has 0 amide bonds. The van der Waals surface area contributed by atoms with E-state index in [0.29, 0.717) is 16.5 Å². The van der Waals surface area contributed by atoms with Crippen molar-refractivity contribution in [3.05, 3.63) is 62.3 Å². The Morgan fingerprint density at radius 2 is 1.95 bits per heavy atom. The van der Waals surface area contributed by atoms with Crippen LogP contribution in [-0.2, 0) is 17.6 Å². The van der Waals surface area contributed by atoms with Crippen molar-refractivity contribution in [2.75, 3.05) is 0 Å². The van der Waals surface area contributed by atoms with Gasteiger partial charge in [-0.25, -0.2) is 0 Å². The first-order valence-electron chi connectivity index (χ1n) is 5.60. The number of rotatable bonds is 4. The molecule has 0 fully saturated rings. The minimum absolute atomic E-state index is 0.0686. The monoisotopic (exact) mass is 357 g/mol. The van der Waals surface area contributed by atoms with Gasteiger partial charge in [0.25, 0.3) is 0 Å². The van der Waals surface area contributed by atoms with Crippen molar-refractivity contribution in [1.82, 2.24) is 4.98 Å². The Bertz CT molecular complexity index is 599. The second kappa shape index (κ2) is 6.51. The highest BCUT2D eigenvalue weighted by atomic mass is 79.9. The molecule has 0 aliphatic heterocycles. The zero-order valence-corrected chi connectivity index (χ0v) is 13.0. The maximum absolute atomic E-state index is 12.0. The number of benzene rings is 1. The highest BCUT2D eigenvalue weighted by molar-refractivity contribution is 9.10. The minimum Gasteiger partial charge on any atom is -0.299 e. The van der Waals surface area contributed by atoms with Crippen molar-refractivity contribution in [3.8, 4) is 0 Å². The SMILES string of the molecule is O=C(Cc1ccc(Br)cn1)Cc1ccc(Cl)cc1Cl. The van der Waals surface area contributed by atoms with Crippen molar-refractivity contribution in [2.24, 2.45) is 0 Å². The van der Waals surface area contributed by atoms with Crippen molar-refractivity contribution in [2.45, 2.75) is 12.8 Å². The molecule has 0 bridgehead atoms. The summed E-state index contributed by atoms with van der Waals surface area (Å²) in [4.78, 5) is 16.1. The fourth-order valence-corrected chi connectivity index (χ4v) is 2.36. The van der Waals surface area contributed by atoms with Gasteiger partial charge in [-0.15, -0.1) is 0 Å². The Hall–Kier alpha value is -0.900. The average Bonchev–Trinajstić information content (AvgIpc) is 2.36. The number of nitrogens with zero attached hydrogens (tertiary/aromatic N) is 1. The van der Waals surface area contributed by atoms with Gasteiger partial charge in [-0.2, -0.15) is 0 Å². The Balaban J connectivity index is 2.03. The molecule has 0 unspecified atom stereocenters. The van der Waals surface area contributed by atoms with Crippen LogP contribution >= 0.6 is 39.1 Å². The van der Waals surface area contributed by atoms with Crippen LogP contribution in [0.4, 0.5) is 0 Å². The Morgan fingerprint density at radius 3 is 2.58 bits per heavy atom. The highest BCUT2D eigenvalue weighted by Crippen LogP contribution is 2.21. The number of Topliss-reactive ketones (excluding diaryl/α,β-unsaturated/α-hetero) is 1. The lowest BCUT2D eigenvalue weighted by atomic mass is 10.1. The summed E-state index contributed by atoms with van der Waals surface area (Å²) >= 11 is 15.2. The number of pyridine rings is 1. The number of carbonyl (C=O) groups excluding carboxylic acids is 1. The van der Waals surface area contributed by atoms with Crippen molar-refractivity contribution >= 4 is 44.9 Å². The summed E-state index contributed by atoms with van der Waals surface area (Å²) in [6, 6.07) is 8.84. The number of ketones is 1. The van der Waals surface area contributed by atoms with Gasteiger partial charge in [0.2, 0.25) is 0 Å². The Morgan fingerprint density at radius 1 is 1.16 bits per heavy atom.